The van der Waals surface area contributed by atoms with Crippen LogP contribution < -0.4 is 11.1 Å². The predicted molar refractivity (Wildman–Crippen MR) is 66.8 cm³/mol. The first-order valence-corrected chi connectivity index (χ1v) is 5.38. The van der Waals surface area contributed by atoms with Gasteiger partial charge >= 0.3 is 0 Å². The highest BCUT2D eigenvalue weighted by Crippen LogP contribution is 2.16. The molecule has 92 valence electrons. The Morgan fingerprint density at radius 3 is 2.82 bits per heavy atom. The lowest BCUT2D eigenvalue weighted by Crippen LogP contribution is -2.12. The number of anilines is 2. The lowest BCUT2D eigenvalue weighted by molar-refractivity contribution is 0.0759. The summed E-state index contributed by atoms with van der Waals surface area (Å²) in [7, 11) is 1.64. The number of hydrogen-bond donors (Lipinski definition) is 2. The smallest absolute Gasteiger partial charge is 0.101 e. The Morgan fingerprint density at radius 1 is 1.35 bits per heavy atom. The lowest BCUT2D eigenvalue weighted by atomic mass is 10.2. The van der Waals surface area contributed by atoms with Crippen molar-refractivity contribution in [3.8, 4) is 6.07 Å². The second-order valence-electron chi connectivity index (χ2n) is 3.45. The Kier molecular flexibility index (Phi) is 5.86. The van der Waals surface area contributed by atoms with Crippen LogP contribution in [0.2, 0.25) is 0 Å². The molecule has 0 aliphatic heterocycles. The number of rotatable bonds is 7. The van der Waals surface area contributed by atoms with Crippen LogP contribution in [0, 0.1) is 11.3 Å². The van der Waals surface area contributed by atoms with Crippen LogP contribution >= 0.6 is 0 Å². The van der Waals surface area contributed by atoms with E-state index in [2.05, 4.69) is 5.32 Å². The maximum atomic E-state index is 8.72. The third-order valence-electron chi connectivity index (χ3n) is 2.18. The molecule has 1 aromatic rings. The van der Waals surface area contributed by atoms with E-state index in [9.17, 15) is 0 Å². The molecule has 0 aliphatic carbocycles. The van der Waals surface area contributed by atoms with Gasteiger partial charge < -0.3 is 20.5 Å². The Labute approximate surface area is 101 Å². The van der Waals surface area contributed by atoms with Crippen molar-refractivity contribution in [1.82, 2.24) is 0 Å². The third-order valence-corrected chi connectivity index (χ3v) is 2.18. The molecule has 5 nitrogen and oxygen atoms in total. The maximum Gasteiger partial charge on any atom is 0.101 e. The number of nitrogens with one attached hydrogen (secondary N) is 1. The van der Waals surface area contributed by atoms with E-state index in [4.69, 9.17) is 20.5 Å². The molecule has 5 heteroatoms. The zero-order valence-corrected chi connectivity index (χ0v) is 9.90. The summed E-state index contributed by atoms with van der Waals surface area (Å²) in [5, 5.41) is 11.9. The minimum atomic E-state index is 0.484. The van der Waals surface area contributed by atoms with Crippen LogP contribution in [0.15, 0.2) is 18.2 Å². The Hall–Kier alpha value is -1.77. The molecular weight excluding hydrogens is 218 g/mol. The summed E-state index contributed by atoms with van der Waals surface area (Å²) in [6.07, 6.45) is 0. The van der Waals surface area contributed by atoms with Gasteiger partial charge in [-0.05, 0) is 18.2 Å². The van der Waals surface area contributed by atoms with Crippen LogP contribution in [0.3, 0.4) is 0 Å². The zero-order valence-electron chi connectivity index (χ0n) is 9.90. The minimum absolute atomic E-state index is 0.484. The molecule has 3 N–H and O–H groups in total. The molecule has 1 aromatic carbocycles. The fourth-order valence-electron chi connectivity index (χ4n) is 1.29. The number of ether oxygens (including phenoxy) is 2. The average Bonchev–Trinajstić information content (AvgIpc) is 2.34. The molecule has 0 saturated heterocycles. The van der Waals surface area contributed by atoms with Crippen LogP contribution in [0.1, 0.15) is 5.56 Å². The van der Waals surface area contributed by atoms with Gasteiger partial charge in [-0.3, -0.25) is 0 Å². The van der Waals surface area contributed by atoms with Gasteiger partial charge in [-0.2, -0.15) is 5.26 Å². The van der Waals surface area contributed by atoms with E-state index in [0.717, 1.165) is 5.69 Å². The molecule has 0 unspecified atom stereocenters. The van der Waals surface area contributed by atoms with Crippen molar-refractivity contribution in [2.24, 2.45) is 0 Å². The maximum absolute atomic E-state index is 8.72. The van der Waals surface area contributed by atoms with E-state index in [1.54, 1.807) is 19.2 Å². The summed E-state index contributed by atoms with van der Waals surface area (Å²) in [6, 6.07) is 7.29. The van der Waals surface area contributed by atoms with Crippen molar-refractivity contribution < 1.29 is 9.47 Å². The molecule has 0 amide bonds. The van der Waals surface area contributed by atoms with E-state index in [1.807, 2.05) is 12.1 Å². The molecular formula is C12H17N3O2. The van der Waals surface area contributed by atoms with Gasteiger partial charge in [-0.25, -0.2) is 0 Å². The summed E-state index contributed by atoms with van der Waals surface area (Å²) < 4.78 is 10.2. The van der Waals surface area contributed by atoms with Crippen molar-refractivity contribution in [3.05, 3.63) is 23.8 Å². The number of nitrogens with two attached hydrogens (primary N) is 1. The van der Waals surface area contributed by atoms with Crippen molar-refractivity contribution in [2.45, 2.75) is 0 Å². The second kappa shape index (κ2) is 7.49. The molecule has 1 rings (SSSR count). The van der Waals surface area contributed by atoms with Crippen LogP contribution in [0.4, 0.5) is 11.4 Å². The number of nitrogen functional groups attached to an aromatic ring is 1. The quantitative estimate of drug-likeness (QED) is 0.548. The third kappa shape index (κ3) is 4.72. The van der Waals surface area contributed by atoms with Gasteiger partial charge in [0.25, 0.3) is 0 Å². The van der Waals surface area contributed by atoms with Crippen LogP contribution in [-0.4, -0.2) is 33.5 Å². The largest absolute Gasteiger partial charge is 0.398 e. The first-order valence-electron chi connectivity index (χ1n) is 5.38. The molecule has 0 heterocycles. The van der Waals surface area contributed by atoms with Gasteiger partial charge in [-0.15, -0.1) is 0 Å². The summed E-state index contributed by atoms with van der Waals surface area (Å²) in [4.78, 5) is 0. The van der Waals surface area contributed by atoms with Crippen molar-refractivity contribution >= 4 is 11.4 Å². The van der Waals surface area contributed by atoms with Crippen LogP contribution in [0.25, 0.3) is 0 Å². The van der Waals surface area contributed by atoms with E-state index in [-0.39, 0.29) is 0 Å². The highest BCUT2D eigenvalue weighted by Gasteiger charge is 1.99. The van der Waals surface area contributed by atoms with E-state index in [1.165, 1.54) is 0 Å². The second-order valence-corrected chi connectivity index (χ2v) is 3.45. The van der Waals surface area contributed by atoms with Gasteiger partial charge in [0.15, 0.2) is 0 Å². The first-order chi connectivity index (χ1) is 8.27. The molecule has 0 bridgehead atoms. The van der Waals surface area contributed by atoms with Gasteiger partial charge in [-0.1, -0.05) is 0 Å². The first kappa shape index (κ1) is 13.3. The SMILES string of the molecule is COCCOCCNc1ccc(C#N)c(N)c1. The normalized spacial score (nSPS) is 9.88. The average molecular weight is 235 g/mol. The zero-order chi connectivity index (χ0) is 12.5. The summed E-state index contributed by atoms with van der Waals surface area (Å²) >= 11 is 0. The summed E-state index contributed by atoms with van der Waals surface area (Å²) in [6.45, 7) is 2.48. The Bertz CT molecular complexity index is 388. The highest BCUT2D eigenvalue weighted by molar-refractivity contribution is 5.62. The Morgan fingerprint density at radius 2 is 2.18 bits per heavy atom. The number of hydrogen-bond acceptors (Lipinski definition) is 5. The summed E-state index contributed by atoms with van der Waals surface area (Å²) in [5.74, 6) is 0. The summed E-state index contributed by atoms with van der Waals surface area (Å²) in [5.41, 5.74) is 7.55. The number of nitriles is 1. The van der Waals surface area contributed by atoms with E-state index in [0.29, 0.717) is 37.6 Å². The highest BCUT2D eigenvalue weighted by atomic mass is 16.5. The molecule has 0 saturated carbocycles. The topological polar surface area (TPSA) is 80.3 Å². The molecule has 0 atom stereocenters. The van der Waals surface area contributed by atoms with Crippen LogP contribution in [-0.2, 0) is 9.47 Å². The lowest BCUT2D eigenvalue weighted by Gasteiger charge is -2.08. The molecule has 0 radical (unpaired) electrons. The fourth-order valence-corrected chi connectivity index (χ4v) is 1.29. The monoisotopic (exact) mass is 235 g/mol. The molecule has 17 heavy (non-hydrogen) atoms. The van der Waals surface area contributed by atoms with Gasteiger partial charge in [0.1, 0.15) is 6.07 Å². The molecule has 0 aromatic heterocycles. The predicted octanol–water partition coefficient (Wildman–Crippen LogP) is 1.22. The molecule has 0 spiro atoms. The standard InChI is InChI=1S/C12H17N3O2/c1-16-6-7-17-5-4-15-11-3-2-10(9-13)12(14)8-11/h2-3,8,15H,4-7,14H2,1H3. The molecule has 0 aliphatic rings. The minimum Gasteiger partial charge on any atom is -0.398 e. The van der Waals surface area contributed by atoms with Gasteiger partial charge in [0.05, 0.1) is 31.1 Å². The molecule has 0 fully saturated rings. The van der Waals surface area contributed by atoms with Gasteiger partial charge in [0, 0.05) is 19.3 Å². The van der Waals surface area contributed by atoms with Crippen LogP contribution in [0.5, 0.6) is 0 Å². The number of benzene rings is 1. The van der Waals surface area contributed by atoms with Crippen molar-refractivity contribution in [1.29, 1.82) is 5.26 Å². The van der Waals surface area contributed by atoms with E-state index < -0.39 is 0 Å². The number of methoxy groups -OCH3 is 1. The Balaban J connectivity index is 2.28. The van der Waals surface area contributed by atoms with Crippen molar-refractivity contribution in [2.75, 3.05) is 44.5 Å². The van der Waals surface area contributed by atoms with Gasteiger partial charge in [0.2, 0.25) is 0 Å². The fraction of sp³-hybridized carbons (Fsp3) is 0.417. The van der Waals surface area contributed by atoms with E-state index >= 15 is 0 Å². The van der Waals surface area contributed by atoms with Crippen molar-refractivity contribution in [3.63, 3.8) is 0 Å². The number of nitrogens with zero attached hydrogens (tertiary/aromatic N) is 1.